The maximum Gasteiger partial charge on any atom is 0.271 e. The Hall–Kier alpha value is -2.67. The second-order valence-electron chi connectivity index (χ2n) is 5.57. The summed E-state index contributed by atoms with van der Waals surface area (Å²) in [5, 5.41) is 3.16. The van der Waals surface area contributed by atoms with Gasteiger partial charge in [0.1, 0.15) is 0 Å². The molecule has 0 aliphatic heterocycles. The third-order valence-corrected chi connectivity index (χ3v) is 3.74. The molecule has 128 valence electrons. The van der Waals surface area contributed by atoms with Crippen LogP contribution in [0.15, 0.2) is 24.3 Å². The summed E-state index contributed by atoms with van der Waals surface area (Å²) in [6, 6.07) is 7.81. The Bertz CT molecular complexity index is 731. The van der Waals surface area contributed by atoms with E-state index in [2.05, 4.69) is 15.3 Å². The van der Waals surface area contributed by atoms with Crippen molar-refractivity contribution in [3.05, 3.63) is 41.2 Å². The number of aryl methyl sites for hydroxylation is 1. The van der Waals surface area contributed by atoms with Gasteiger partial charge in [-0.25, -0.2) is 9.97 Å². The van der Waals surface area contributed by atoms with Gasteiger partial charge in [0.15, 0.2) is 17.3 Å². The monoisotopic (exact) mass is 328 g/mol. The number of nitrogens with two attached hydrogens (primary N) is 2. The molecule has 0 spiro atoms. The summed E-state index contributed by atoms with van der Waals surface area (Å²) in [7, 11) is 1.92. The molecule has 1 aromatic heterocycles. The first kappa shape index (κ1) is 17.7. The highest BCUT2D eigenvalue weighted by Crippen LogP contribution is 2.23. The Balaban J connectivity index is 2.43. The van der Waals surface area contributed by atoms with Crippen molar-refractivity contribution in [3.8, 4) is 0 Å². The highest BCUT2D eigenvalue weighted by atomic mass is 16.1. The van der Waals surface area contributed by atoms with Gasteiger partial charge in [0, 0.05) is 19.3 Å². The first-order chi connectivity index (χ1) is 11.5. The molecule has 2 aromatic rings. The first-order valence-corrected chi connectivity index (χ1v) is 7.91. The Morgan fingerprint density at radius 2 is 2.08 bits per heavy atom. The van der Waals surface area contributed by atoms with Crippen molar-refractivity contribution in [1.82, 2.24) is 9.97 Å². The lowest BCUT2D eigenvalue weighted by Gasteiger charge is -2.20. The molecule has 0 bridgehead atoms. The number of nitrogens with zero attached hydrogens (tertiary/aromatic N) is 3. The van der Waals surface area contributed by atoms with Crippen molar-refractivity contribution in [2.24, 2.45) is 11.5 Å². The fourth-order valence-corrected chi connectivity index (χ4v) is 2.39. The molecule has 0 atom stereocenters. The largest absolute Gasteiger partial charge is 0.364 e. The van der Waals surface area contributed by atoms with Crippen LogP contribution in [0.25, 0.3) is 0 Å². The fourth-order valence-electron chi connectivity index (χ4n) is 2.39. The molecule has 0 unspecified atom stereocenters. The summed E-state index contributed by atoms with van der Waals surface area (Å²) in [6.07, 6.45) is 0.779. The van der Waals surface area contributed by atoms with Crippen molar-refractivity contribution in [2.75, 3.05) is 30.4 Å². The van der Waals surface area contributed by atoms with Crippen LogP contribution in [0.1, 0.15) is 28.7 Å². The molecule has 0 fully saturated rings. The van der Waals surface area contributed by atoms with Crippen LogP contribution in [0.3, 0.4) is 0 Å². The van der Waals surface area contributed by atoms with Crippen LogP contribution in [0.5, 0.6) is 0 Å². The van der Waals surface area contributed by atoms with E-state index in [4.69, 9.17) is 11.5 Å². The van der Waals surface area contributed by atoms with E-state index >= 15 is 0 Å². The molecule has 7 nitrogen and oxygen atoms in total. The van der Waals surface area contributed by atoms with E-state index in [1.54, 1.807) is 0 Å². The summed E-state index contributed by atoms with van der Waals surface area (Å²) in [5.74, 6) is 0.452. The Labute approximate surface area is 142 Å². The molecule has 0 saturated heterocycles. The molecule has 0 aliphatic carbocycles. The van der Waals surface area contributed by atoms with Gasteiger partial charge in [-0.05, 0) is 44.5 Å². The summed E-state index contributed by atoms with van der Waals surface area (Å²) in [6.45, 7) is 5.18. The van der Waals surface area contributed by atoms with Crippen LogP contribution in [0.4, 0.5) is 17.3 Å². The lowest BCUT2D eigenvalue weighted by atomic mass is 10.1. The Morgan fingerprint density at radius 3 is 2.71 bits per heavy atom. The van der Waals surface area contributed by atoms with Crippen LogP contribution < -0.4 is 21.7 Å². The van der Waals surface area contributed by atoms with Gasteiger partial charge < -0.3 is 21.7 Å². The molecular formula is C17H24N6O. The lowest BCUT2D eigenvalue weighted by Crippen LogP contribution is -2.23. The molecule has 7 heteroatoms. The number of anilines is 3. The molecule has 5 N–H and O–H groups in total. The zero-order chi connectivity index (χ0) is 17.7. The molecule has 1 aromatic carbocycles. The van der Waals surface area contributed by atoms with Gasteiger partial charge in [-0.1, -0.05) is 12.1 Å². The number of nitrogens with one attached hydrogen (secondary N) is 1. The maximum absolute atomic E-state index is 11.7. The predicted octanol–water partition coefficient (Wildman–Crippen LogP) is 1.58. The molecule has 0 aliphatic rings. The molecular weight excluding hydrogens is 304 g/mol. The minimum Gasteiger partial charge on any atom is -0.364 e. The minimum atomic E-state index is -0.614. The Kier molecular flexibility index (Phi) is 5.70. The number of benzene rings is 1. The number of carbonyl (C=O) groups excluding carboxylic acids is 1. The number of amides is 1. The van der Waals surface area contributed by atoms with Gasteiger partial charge in [-0.2, -0.15) is 0 Å². The predicted molar refractivity (Wildman–Crippen MR) is 96.7 cm³/mol. The van der Waals surface area contributed by atoms with Crippen LogP contribution in [-0.4, -0.2) is 36.0 Å². The summed E-state index contributed by atoms with van der Waals surface area (Å²) < 4.78 is 0. The standard InChI is InChI=1S/C17H24N6O/c1-4-23(3)17-11(2)20-14(15(19)24)16(22-17)21-13-7-5-6-12(10-13)8-9-18/h5-7,10H,4,8-9,18H2,1-3H3,(H2,19,24)(H,21,22). The van der Waals surface area contributed by atoms with Crippen molar-refractivity contribution >= 4 is 23.2 Å². The van der Waals surface area contributed by atoms with Crippen molar-refractivity contribution in [1.29, 1.82) is 0 Å². The van der Waals surface area contributed by atoms with Crippen molar-refractivity contribution in [2.45, 2.75) is 20.3 Å². The van der Waals surface area contributed by atoms with Crippen LogP contribution in [0, 0.1) is 6.92 Å². The van der Waals surface area contributed by atoms with Gasteiger partial charge in [0.25, 0.3) is 5.91 Å². The average Bonchev–Trinajstić information content (AvgIpc) is 2.56. The average molecular weight is 328 g/mol. The highest BCUT2D eigenvalue weighted by molar-refractivity contribution is 5.96. The smallest absolute Gasteiger partial charge is 0.271 e. The van der Waals surface area contributed by atoms with E-state index in [9.17, 15) is 4.79 Å². The molecule has 1 amide bonds. The fraction of sp³-hybridized carbons (Fsp3) is 0.353. The highest BCUT2D eigenvalue weighted by Gasteiger charge is 2.17. The molecule has 2 rings (SSSR count). The van der Waals surface area contributed by atoms with E-state index in [1.165, 1.54) is 0 Å². The van der Waals surface area contributed by atoms with Gasteiger partial charge >= 0.3 is 0 Å². The van der Waals surface area contributed by atoms with Crippen LogP contribution in [-0.2, 0) is 6.42 Å². The number of aromatic nitrogens is 2. The van der Waals surface area contributed by atoms with Crippen LogP contribution >= 0.6 is 0 Å². The number of hydrogen-bond donors (Lipinski definition) is 3. The number of carbonyl (C=O) groups is 1. The number of hydrogen-bond acceptors (Lipinski definition) is 6. The Morgan fingerprint density at radius 1 is 1.33 bits per heavy atom. The van der Waals surface area contributed by atoms with Crippen molar-refractivity contribution < 1.29 is 4.79 Å². The van der Waals surface area contributed by atoms with E-state index in [1.807, 2.05) is 50.1 Å². The quantitative estimate of drug-likeness (QED) is 0.712. The molecule has 0 saturated carbocycles. The summed E-state index contributed by atoms with van der Waals surface area (Å²) in [4.78, 5) is 22.6. The zero-order valence-corrected chi connectivity index (χ0v) is 14.3. The summed E-state index contributed by atoms with van der Waals surface area (Å²) >= 11 is 0. The van der Waals surface area contributed by atoms with Crippen LogP contribution in [0.2, 0.25) is 0 Å². The van der Waals surface area contributed by atoms with E-state index < -0.39 is 5.91 Å². The third-order valence-electron chi connectivity index (χ3n) is 3.74. The lowest BCUT2D eigenvalue weighted by molar-refractivity contribution is 0.0996. The normalized spacial score (nSPS) is 10.5. The SMILES string of the molecule is CCN(C)c1nc(Nc2cccc(CCN)c2)c(C(N)=O)nc1C. The second kappa shape index (κ2) is 7.74. The zero-order valence-electron chi connectivity index (χ0n) is 14.3. The topological polar surface area (TPSA) is 110 Å². The molecule has 24 heavy (non-hydrogen) atoms. The molecule has 0 radical (unpaired) electrons. The van der Waals surface area contributed by atoms with E-state index in [-0.39, 0.29) is 5.69 Å². The van der Waals surface area contributed by atoms with Gasteiger partial charge in [0.05, 0.1) is 5.69 Å². The maximum atomic E-state index is 11.7. The molecule has 1 heterocycles. The van der Waals surface area contributed by atoms with Gasteiger partial charge in [-0.3, -0.25) is 4.79 Å². The van der Waals surface area contributed by atoms with Gasteiger partial charge in [0.2, 0.25) is 0 Å². The first-order valence-electron chi connectivity index (χ1n) is 7.91. The summed E-state index contributed by atoms with van der Waals surface area (Å²) in [5.41, 5.74) is 13.8. The van der Waals surface area contributed by atoms with Gasteiger partial charge in [-0.15, -0.1) is 0 Å². The number of primary amides is 1. The second-order valence-corrected chi connectivity index (χ2v) is 5.57. The number of rotatable bonds is 7. The minimum absolute atomic E-state index is 0.130. The third kappa shape index (κ3) is 3.99. The van der Waals surface area contributed by atoms with Crippen molar-refractivity contribution in [3.63, 3.8) is 0 Å². The van der Waals surface area contributed by atoms with E-state index in [0.29, 0.717) is 23.9 Å². The van der Waals surface area contributed by atoms with E-state index in [0.717, 1.165) is 24.2 Å².